The van der Waals surface area contributed by atoms with E-state index in [1.54, 1.807) is 6.07 Å². The molecule has 6 heteroatoms. The number of carbonyl (C=O) groups is 2. The molecule has 0 aliphatic heterocycles. The molecular weight excluding hydrogens is 368 g/mol. The third-order valence-corrected chi connectivity index (χ3v) is 7.51. The number of fused-ring (bicyclic) bond motifs is 1. The van der Waals surface area contributed by atoms with Crippen molar-refractivity contribution in [1.29, 1.82) is 0 Å². The highest BCUT2D eigenvalue weighted by molar-refractivity contribution is 5.85. The van der Waals surface area contributed by atoms with Gasteiger partial charge in [0.25, 0.3) is 5.91 Å². The molecule has 1 atom stereocenters. The van der Waals surface area contributed by atoms with Crippen LogP contribution in [-0.4, -0.2) is 29.7 Å². The molecule has 1 aromatic carbocycles. The topological polar surface area (TPSA) is 81.4 Å². The number of hydrogen-bond acceptors (Lipinski definition) is 5. The van der Waals surface area contributed by atoms with Gasteiger partial charge in [-0.1, -0.05) is 17.3 Å². The van der Waals surface area contributed by atoms with Crippen LogP contribution in [0.2, 0.25) is 0 Å². The molecule has 4 aliphatic rings. The zero-order valence-corrected chi connectivity index (χ0v) is 16.9. The average molecular weight is 396 g/mol. The van der Waals surface area contributed by atoms with E-state index in [2.05, 4.69) is 17.4 Å². The summed E-state index contributed by atoms with van der Waals surface area (Å²) in [5.74, 6) is 1.84. The summed E-state index contributed by atoms with van der Waals surface area (Å²) in [5.41, 5.74) is 1.42. The lowest BCUT2D eigenvalue weighted by atomic mass is 9.48. The second kappa shape index (κ2) is 7.15. The van der Waals surface area contributed by atoms with Gasteiger partial charge in [0.1, 0.15) is 5.69 Å². The van der Waals surface area contributed by atoms with E-state index in [-0.39, 0.29) is 30.4 Å². The Balaban J connectivity index is 1.14. The zero-order valence-electron chi connectivity index (χ0n) is 16.9. The lowest BCUT2D eigenvalue weighted by Crippen LogP contribution is -2.56. The summed E-state index contributed by atoms with van der Waals surface area (Å²) in [5, 5.41) is 7.87. The van der Waals surface area contributed by atoms with E-state index < -0.39 is 5.97 Å². The van der Waals surface area contributed by atoms with Crippen LogP contribution in [0.3, 0.4) is 0 Å². The van der Waals surface area contributed by atoms with Crippen LogP contribution in [0.15, 0.2) is 28.8 Å². The summed E-state index contributed by atoms with van der Waals surface area (Å²) >= 11 is 0. The van der Waals surface area contributed by atoms with Gasteiger partial charge in [-0.05, 0) is 80.8 Å². The number of para-hydroxylation sites is 1. The van der Waals surface area contributed by atoms with Crippen molar-refractivity contribution in [2.45, 2.75) is 57.9 Å². The molecule has 4 aliphatic carbocycles. The first-order valence-corrected chi connectivity index (χ1v) is 10.8. The van der Waals surface area contributed by atoms with Gasteiger partial charge >= 0.3 is 5.97 Å². The molecule has 154 valence electrons. The van der Waals surface area contributed by atoms with Gasteiger partial charge in [-0.25, -0.2) is 0 Å². The Morgan fingerprint density at radius 1 is 1.17 bits per heavy atom. The van der Waals surface area contributed by atoms with Crippen molar-refractivity contribution in [3.05, 3.63) is 30.0 Å². The number of nitrogens with zero attached hydrogens (tertiary/aromatic N) is 1. The summed E-state index contributed by atoms with van der Waals surface area (Å²) < 4.78 is 10.4. The van der Waals surface area contributed by atoms with Crippen LogP contribution in [-0.2, 0) is 20.7 Å². The Bertz CT molecular complexity index is 899. The molecular formula is C23H28N2O4. The van der Waals surface area contributed by atoms with E-state index in [9.17, 15) is 9.59 Å². The first-order valence-electron chi connectivity index (χ1n) is 10.8. The highest BCUT2D eigenvalue weighted by Gasteiger charge is 2.53. The van der Waals surface area contributed by atoms with Gasteiger partial charge < -0.3 is 14.6 Å². The number of aromatic nitrogens is 1. The molecule has 0 radical (unpaired) electrons. The van der Waals surface area contributed by atoms with Gasteiger partial charge in [-0.15, -0.1) is 0 Å². The van der Waals surface area contributed by atoms with Crippen molar-refractivity contribution >= 4 is 22.8 Å². The smallest absolute Gasteiger partial charge is 0.312 e. The van der Waals surface area contributed by atoms with Crippen LogP contribution in [0.25, 0.3) is 11.0 Å². The largest absolute Gasteiger partial charge is 0.455 e. The molecule has 1 heterocycles. The maximum absolute atomic E-state index is 12.4. The zero-order chi connectivity index (χ0) is 20.0. The van der Waals surface area contributed by atoms with Crippen molar-refractivity contribution < 1.29 is 18.8 Å². The molecule has 1 amide bonds. The van der Waals surface area contributed by atoms with Crippen LogP contribution in [0.4, 0.5) is 0 Å². The molecule has 0 saturated heterocycles. The molecule has 4 fully saturated rings. The number of nitrogens with one attached hydrogen (secondary N) is 1. The highest BCUT2D eigenvalue weighted by Crippen LogP contribution is 2.61. The SMILES string of the molecule is C[C@@H](NC(=O)COC(=O)Cc1noc2ccccc12)C12CC3CC(CC(C3)C1)C2. The number of carbonyl (C=O) groups excluding carboxylic acids is 2. The number of rotatable bonds is 6. The quantitative estimate of drug-likeness (QED) is 0.754. The molecule has 4 saturated carbocycles. The maximum atomic E-state index is 12.4. The van der Waals surface area contributed by atoms with E-state index >= 15 is 0 Å². The van der Waals surface area contributed by atoms with Gasteiger partial charge in [-0.2, -0.15) is 0 Å². The third kappa shape index (κ3) is 3.53. The number of amides is 1. The Labute approximate surface area is 170 Å². The standard InChI is InChI=1S/C23H28N2O4/c1-14(23-10-15-6-16(11-23)8-17(7-15)12-23)24-21(26)13-28-22(27)9-19-18-4-2-3-5-20(18)29-25-19/h2-5,14-17H,6-13H2,1H3,(H,24,26)/t14-,15?,16?,17?,23?/m1/s1. The molecule has 1 aromatic heterocycles. The molecule has 4 bridgehead atoms. The van der Waals surface area contributed by atoms with Crippen LogP contribution < -0.4 is 5.32 Å². The second-order valence-corrected chi connectivity index (χ2v) is 9.53. The Morgan fingerprint density at radius 3 is 2.52 bits per heavy atom. The second-order valence-electron chi connectivity index (χ2n) is 9.53. The van der Waals surface area contributed by atoms with Gasteiger partial charge in [0, 0.05) is 11.4 Å². The van der Waals surface area contributed by atoms with Crippen molar-refractivity contribution in [1.82, 2.24) is 10.5 Å². The monoisotopic (exact) mass is 396 g/mol. The van der Waals surface area contributed by atoms with E-state index in [0.29, 0.717) is 11.3 Å². The van der Waals surface area contributed by atoms with Crippen LogP contribution in [0, 0.1) is 23.2 Å². The highest BCUT2D eigenvalue weighted by atomic mass is 16.5. The minimum atomic E-state index is -0.471. The average Bonchev–Trinajstić information content (AvgIpc) is 3.08. The molecule has 1 N–H and O–H groups in total. The Hall–Kier alpha value is -2.37. The molecule has 0 spiro atoms. The fourth-order valence-corrected chi connectivity index (χ4v) is 6.54. The van der Waals surface area contributed by atoms with E-state index in [1.165, 1.54) is 38.5 Å². The first kappa shape index (κ1) is 18.6. The van der Waals surface area contributed by atoms with Crippen LogP contribution in [0.5, 0.6) is 0 Å². The van der Waals surface area contributed by atoms with Gasteiger partial charge in [0.15, 0.2) is 12.2 Å². The van der Waals surface area contributed by atoms with E-state index in [4.69, 9.17) is 9.26 Å². The fraction of sp³-hybridized carbons (Fsp3) is 0.609. The number of esters is 1. The Kier molecular flexibility index (Phi) is 4.60. The predicted octanol–water partition coefficient (Wildman–Crippen LogP) is 3.63. The molecule has 29 heavy (non-hydrogen) atoms. The minimum Gasteiger partial charge on any atom is -0.455 e. The predicted molar refractivity (Wildman–Crippen MR) is 107 cm³/mol. The number of benzene rings is 1. The lowest BCUT2D eigenvalue weighted by molar-refractivity contribution is -0.149. The van der Waals surface area contributed by atoms with Gasteiger partial charge in [0.05, 0.1) is 6.42 Å². The third-order valence-electron chi connectivity index (χ3n) is 7.51. The number of hydrogen-bond donors (Lipinski definition) is 1. The van der Waals surface area contributed by atoms with Crippen molar-refractivity contribution in [2.24, 2.45) is 23.2 Å². The summed E-state index contributed by atoms with van der Waals surface area (Å²) in [6.07, 6.45) is 7.85. The van der Waals surface area contributed by atoms with Crippen LogP contribution >= 0.6 is 0 Å². The minimum absolute atomic E-state index is 0.00513. The maximum Gasteiger partial charge on any atom is 0.312 e. The van der Waals surface area contributed by atoms with Gasteiger partial charge in [-0.3, -0.25) is 9.59 Å². The van der Waals surface area contributed by atoms with Crippen LogP contribution in [0.1, 0.15) is 51.1 Å². The summed E-state index contributed by atoms with van der Waals surface area (Å²) in [7, 11) is 0. The normalized spacial score (nSPS) is 31.0. The Morgan fingerprint density at radius 2 is 1.83 bits per heavy atom. The molecule has 0 unspecified atom stereocenters. The van der Waals surface area contributed by atoms with Crippen molar-refractivity contribution in [3.8, 4) is 0 Å². The van der Waals surface area contributed by atoms with E-state index in [1.807, 2.05) is 18.2 Å². The van der Waals surface area contributed by atoms with Crippen molar-refractivity contribution in [3.63, 3.8) is 0 Å². The summed E-state index contributed by atoms with van der Waals surface area (Å²) in [4.78, 5) is 24.6. The fourth-order valence-electron chi connectivity index (χ4n) is 6.54. The van der Waals surface area contributed by atoms with Crippen molar-refractivity contribution in [2.75, 3.05) is 6.61 Å². The molecule has 2 aromatic rings. The lowest BCUT2D eigenvalue weighted by Gasteiger charge is -2.59. The van der Waals surface area contributed by atoms with Gasteiger partial charge in [0.2, 0.25) is 0 Å². The summed E-state index contributed by atoms with van der Waals surface area (Å²) in [6, 6.07) is 7.50. The van der Waals surface area contributed by atoms with E-state index in [0.717, 1.165) is 23.1 Å². The molecule has 6 rings (SSSR count). The summed E-state index contributed by atoms with van der Waals surface area (Å²) in [6.45, 7) is 1.89. The first-order chi connectivity index (χ1) is 14.0. The number of ether oxygens (including phenoxy) is 1. The molecule has 6 nitrogen and oxygen atoms in total.